The Labute approximate surface area is 108 Å². The van der Waals surface area contributed by atoms with Gasteiger partial charge in [0.15, 0.2) is 5.82 Å². The molecular weight excluding hydrogens is 244 g/mol. The number of rotatable bonds is 5. The molecule has 1 aromatic carbocycles. The minimum absolute atomic E-state index is 0.639. The molecule has 0 fully saturated rings. The summed E-state index contributed by atoms with van der Waals surface area (Å²) in [5, 5.41) is 26.1. The molecule has 0 bridgehead atoms. The third-order valence-electron chi connectivity index (χ3n) is 2.63. The lowest BCUT2D eigenvalue weighted by Gasteiger charge is -1.96. The van der Waals surface area contributed by atoms with Gasteiger partial charge in [-0.2, -0.15) is 10.0 Å². The molecule has 0 aliphatic heterocycles. The number of nitrogens with zero attached hydrogens (tertiary/aromatic N) is 7. The molecule has 96 valence electrons. The number of hydrogen-bond donors (Lipinski definition) is 1. The normalized spacial score (nSPS) is 10.7. The van der Waals surface area contributed by atoms with Crippen LogP contribution in [0.5, 0.6) is 0 Å². The van der Waals surface area contributed by atoms with Crippen molar-refractivity contribution < 1.29 is 0 Å². The van der Waals surface area contributed by atoms with E-state index in [4.69, 9.17) is 0 Å². The van der Waals surface area contributed by atoms with E-state index < -0.39 is 0 Å². The zero-order valence-corrected chi connectivity index (χ0v) is 10.1. The van der Waals surface area contributed by atoms with Gasteiger partial charge in [-0.25, -0.2) is 0 Å². The number of benzene rings is 1. The van der Waals surface area contributed by atoms with Gasteiger partial charge in [-0.1, -0.05) is 35.5 Å². The van der Waals surface area contributed by atoms with E-state index in [9.17, 15) is 0 Å². The van der Waals surface area contributed by atoms with Crippen LogP contribution in [0, 0.1) is 0 Å². The molecule has 0 radical (unpaired) electrons. The third-order valence-corrected chi connectivity index (χ3v) is 2.63. The topological polar surface area (TPSA) is 98.1 Å². The number of H-pyrrole nitrogens is 1. The fraction of sp³-hybridized carbons (Fsp3) is 0.273. The van der Waals surface area contributed by atoms with Gasteiger partial charge < -0.3 is 0 Å². The van der Waals surface area contributed by atoms with Crippen molar-refractivity contribution in [3.63, 3.8) is 0 Å². The predicted octanol–water partition coefficient (Wildman–Crippen LogP) is 0.486. The lowest BCUT2D eigenvalue weighted by Crippen LogP contribution is -2.04. The summed E-state index contributed by atoms with van der Waals surface area (Å²) in [4.78, 5) is 1.59. The van der Waals surface area contributed by atoms with Crippen molar-refractivity contribution in [2.24, 2.45) is 0 Å². The standard InChI is InChI=1S/C11H12N8/c1-2-5-9(6-3-1)11-14-18-19(15-11)8-4-7-10-12-16-17-13-10/h1-3,5-6H,4,7-8H2,(H,12,13,16,17). The Morgan fingerprint density at radius 2 is 2.00 bits per heavy atom. The predicted molar refractivity (Wildman–Crippen MR) is 65.8 cm³/mol. The first-order valence-electron chi connectivity index (χ1n) is 5.97. The molecule has 0 unspecified atom stereocenters. The van der Waals surface area contributed by atoms with Gasteiger partial charge in [0, 0.05) is 12.0 Å². The maximum absolute atomic E-state index is 4.33. The summed E-state index contributed by atoms with van der Waals surface area (Å²) in [7, 11) is 0. The molecule has 0 saturated carbocycles. The average Bonchev–Trinajstić information content (AvgIpc) is 3.11. The van der Waals surface area contributed by atoms with Crippen molar-refractivity contribution in [2.75, 3.05) is 0 Å². The quantitative estimate of drug-likeness (QED) is 0.713. The minimum atomic E-state index is 0.639. The highest BCUT2D eigenvalue weighted by molar-refractivity contribution is 5.52. The first-order valence-corrected chi connectivity index (χ1v) is 5.97. The highest BCUT2D eigenvalue weighted by Crippen LogP contribution is 2.11. The SMILES string of the molecule is c1ccc(-c2nnn(CCCc3nn[nH]n3)n2)cc1. The summed E-state index contributed by atoms with van der Waals surface area (Å²) >= 11 is 0. The molecule has 8 nitrogen and oxygen atoms in total. The van der Waals surface area contributed by atoms with Gasteiger partial charge in [0.2, 0.25) is 5.82 Å². The monoisotopic (exact) mass is 256 g/mol. The molecule has 3 rings (SSSR count). The summed E-state index contributed by atoms with van der Waals surface area (Å²) in [6, 6.07) is 9.78. The minimum Gasteiger partial charge on any atom is -0.177 e. The van der Waals surface area contributed by atoms with Crippen molar-refractivity contribution >= 4 is 0 Å². The Bertz CT molecular complexity index is 615. The van der Waals surface area contributed by atoms with Crippen LogP contribution in [0.25, 0.3) is 11.4 Å². The van der Waals surface area contributed by atoms with Crippen LogP contribution in [0.3, 0.4) is 0 Å². The summed E-state index contributed by atoms with van der Waals surface area (Å²) in [6.45, 7) is 0.675. The van der Waals surface area contributed by atoms with E-state index in [1.54, 1.807) is 4.80 Å². The smallest absolute Gasteiger partial charge is 0.177 e. The molecule has 3 aromatic rings. The molecule has 0 aliphatic carbocycles. The van der Waals surface area contributed by atoms with Gasteiger partial charge in [0.05, 0.1) is 6.54 Å². The molecule has 0 amide bonds. The van der Waals surface area contributed by atoms with Crippen molar-refractivity contribution in [1.82, 2.24) is 40.8 Å². The van der Waals surface area contributed by atoms with Crippen LogP contribution in [-0.2, 0) is 13.0 Å². The van der Waals surface area contributed by atoms with Gasteiger partial charge in [-0.15, -0.1) is 20.4 Å². The van der Waals surface area contributed by atoms with Crippen LogP contribution in [-0.4, -0.2) is 40.8 Å². The molecule has 19 heavy (non-hydrogen) atoms. The Morgan fingerprint density at radius 1 is 1.11 bits per heavy atom. The Morgan fingerprint density at radius 3 is 2.79 bits per heavy atom. The van der Waals surface area contributed by atoms with Crippen LogP contribution < -0.4 is 0 Å². The first kappa shape index (κ1) is 11.5. The lowest BCUT2D eigenvalue weighted by atomic mass is 10.2. The van der Waals surface area contributed by atoms with E-state index in [-0.39, 0.29) is 0 Å². The largest absolute Gasteiger partial charge is 0.204 e. The Hall–Kier alpha value is -2.64. The number of nitrogens with one attached hydrogen (secondary N) is 1. The van der Waals surface area contributed by atoms with Gasteiger partial charge in [-0.05, 0) is 11.6 Å². The second-order valence-corrected chi connectivity index (χ2v) is 4.01. The molecule has 0 spiro atoms. The number of aromatic amines is 1. The zero-order valence-electron chi connectivity index (χ0n) is 10.1. The van der Waals surface area contributed by atoms with Crippen molar-refractivity contribution in [3.05, 3.63) is 36.2 Å². The maximum atomic E-state index is 4.33. The molecule has 0 atom stereocenters. The highest BCUT2D eigenvalue weighted by Gasteiger charge is 2.05. The molecule has 1 N–H and O–H groups in total. The zero-order chi connectivity index (χ0) is 12.9. The number of tetrazole rings is 2. The van der Waals surface area contributed by atoms with E-state index in [1.807, 2.05) is 30.3 Å². The summed E-state index contributed by atoms with van der Waals surface area (Å²) in [5.74, 6) is 1.34. The van der Waals surface area contributed by atoms with E-state index in [0.29, 0.717) is 18.2 Å². The highest BCUT2D eigenvalue weighted by atomic mass is 15.6. The molecule has 0 saturated heterocycles. The fourth-order valence-corrected chi connectivity index (χ4v) is 1.71. The number of aromatic nitrogens is 8. The van der Waals surface area contributed by atoms with Gasteiger partial charge >= 0.3 is 0 Å². The first-order chi connectivity index (χ1) is 9.42. The van der Waals surface area contributed by atoms with Crippen molar-refractivity contribution in [1.29, 1.82) is 0 Å². The molecule has 8 heteroatoms. The molecule has 0 aliphatic rings. The van der Waals surface area contributed by atoms with Gasteiger partial charge in [0.1, 0.15) is 0 Å². The third kappa shape index (κ3) is 2.79. The number of aryl methyl sites for hydroxylation is 2. The molecular formula is C11H12N8. The van der Waals surface area contributed by atoms with Crippen molar-refractivity contribution in [2.45, 2.75) is 19.4 Å². The lowest BCUT2D eigenvalue weighted by molar-refractivity contribution is 0.496. The van der Waals surface area contributed by atoms with Crippen LogP contribution in [0.15, 0.2) is 30.3 Å². The summed E-state index contributed by atoms with van der Waals surface area (Å²) in [6.07, 6.45) is 1.57. The fourth-order valence-electron chi connectivity index (χ4n) is 1.71. The van der Waals surface area contributed by atoms with Crippen LogP contribution in [0.4, 0.5) is 0 Å². The Balaban J connectivity index is 1.59. The van der Waals surface area contributed by atoms with Crippen molar-refractivity contribution in [3.8, 4) is 11.4 Å². The summed E-state index contributed by atoms with van der Waals surface area (Å²) in [5.41, 5.74) is 0.965. The Kier molecular flexibility index (Phi) is 3.22. The van der Waals surface area contributed by atoms with Gasteiger partial charge in [-0.3, -0.25) is 0 Å². The molecule has 2 heterocycles. The van der Waals surface area contributed by atoms with Crippen LogP contribution >= 0.6 is 0 Å². The van der Waals surface area contributed by atoms with E-state index in [2.05, 4.69) is 36.0 Å². The maximum Gasteiger partial charge on any atom is 0.204 e. The second kappa shape index (κ2) is 5.34. The van der Waals surface area contributed by atoms with E-state index in [1.165, 1.54) is 0 Å². The van der Waals surface area contributed by atoms with Crippen LogP contribution in [0.2, 0.25) is 0 Å². The molecule has 2 aromatic heterocycles. The summed E-state index contributed by atoms with van der Waals surface area (Å²) < 4.78 is 0. The average molecular weight is 256 g/mol. The van der Waals surface area contributed by atoms with Crippen LogP contribution in [0.1, 0.15) is 12.2 Å². The second-order valence-electron chi connectivity index (χ2n) is 4.01. The van der Waals surface area contributed by atoms with Gasteiger partial charge in [0.25, 0.3) is 0 Å². The van der Waals surface area contributed by atoms with E-state index >= 15 is 0 Å². The number of hydrogen-bond acceptors (Lipinski definition) is 6. The van der Waals surface area contributed by atoms with E-state index in [0.717, 1.165) is 18.4 Å².